The van der Waals surface area contributed by atoms with Gasteiger partial charge < -0.3 is 9.47 Å². The molecule has 0 aliphatic carbocycles. The predicted molar refractivity (Wildman–Crippen MR) is 85.9 cm³/mol. The summed E-state index contributed by atoms with van der Waals surface area (Å²) >= 11 is 0. The molecule has 0 radical (unpaired) electrons. The van der Waals surface area contributed by atoms with E-state index in [4.69, 9.17) is 9.47 Å². The first-order valence-corrected chi connectivity index (χ1v) is 8.81. The summed E-state index contributed by atoms with van der Waals surface area (Å²) in [6.07, 6.45) is 21.0. The molecular weight excluding hydrogens is 248 g/mol. The smallest absolute Gasteiger partial charge is 0.116 e. The van der Waals surface area contributed by atoms with Gasteiger partial charge in [-0.25, -0.2) is 0 Å². The lowest BCUT2D eigenvalue weighted by atomic mass is 10.1. The van der Waals surface area contributed by atoms with Gasteiger partial charge in [-0.05, 0) is 18.9 Å². The van der Waals surface area contributed by atoms with Gasteiger partial charge in [0.05, 0.1) is 12.9 Å². The minimum absolute atomic E-state index is 0.377. The van der Waals surface area contributed by atoms with E-state index >= 15 is 0 Å². The molecule has 2 heteroatoms. The molecule has 1 fully saturated rings. The Labute approximate surface area is 125 Å². The largest absolute Gasteiger partial charge is 0.499 e. The monoisotopic (exact) mass is 282 g/mol. The van der Waals surface area contributed by atoms with E-state index in [9.17, 15) is 0 Å². The molecule has 0 aromatic rings. The first-order chi connectivity index (χ1) is 9.93. The van der Waals surface area contributed by atoms with Crippen LogP contribution in [0.5, 0.6) is 0 Å². The van der Waals surface area contributed by atoms with Crippen LogP contribution in [0.15, 0.2) is 12.3 Å². The highest BCUT2D eigenvalue weighted by atomic mass is 16.6. The zero-order chi connectivity index (χ0) is 14.3. The number of rotatable bonds is 15. The summed E-state index contributed by atoms with van der Waals surface area (Å²) in [4.78, 5) is 0. The molecule has 1 aliphatic heterocycles. The summed E-state index contributed by atoms with van der Waals surface area (Å²) in [6.45, 7) is 3.89. The number of epoxide rings is 1. The van der Waals surface area contributed by atoms with Crippen molar-refractivity contribution in [1.29, 1.82) is 0 Å². The van der Waals surface area contributed by atoms with Crippen molar-refractivity contribution in [2.24, 2.45) is 0 Å². The van der Waals surface area contributed by atoms with Crippen LogP contribution in [0, 0.1) is 0 Å². The van der Waals surface area contributed by atoms with Crippen LogP contribution in [0.25, 0.3) is 0 Å². The Bertz CT molecular complexity index is 221. The predicted octanol–water partition coefficient (Wildman–Crippen LogP) is 5.62. The van der Waals surface area contributed by atoms with Crippen LogP contribution in [0.3, 0.4) is 0 Å². The van der Waals surface area contributed by atoms with E-state index < -0.39 is 0 Å². The molecule has 118 valence electrons. The molecular formula is C18H34O2. The van der Waals surface area contributed by atoms with E-state index in [0.29, 0.717) is 6.10 Å². The Kier molecular flexibility index (Phi) is 11.8. The maximum Gasteiger partial charge on any atom is 0.116 e. The van der Waals surface area contributed by atoms with Crippen LogP contribution in [0.2, 0.25) is 0 Å². The van der Waals surface area contributed by atoms with Crippen molar-refractivity contribution in [2.45, 2.75) is 90.1 Å². The molecule has 0 spiro atoms. The van der Waals surface area contributed by atoms with Gasteiger partial charge in [-0.3, -0.25) is 0 Å². The summed E-state index contributed by atoms with van der Waals surface area (Å²) in [5, 5.41) is 0. The lowest BCUT2D eigenvalue weighted by molar-refractivity contribution is 0.211. The molecule has 0 N–H and O–H groups in total. The molecule has 0 amide bonds. The van der Waals surface area contributed by atoms with Crippen LogP contribution < -0.4 is 0 Å². The highest BCUT2D eigenvalue weighted by molar-refractivity contribution is 4.75. The van der Waals surface area contributed by atoms with E-state index in [2.05, 4.69) is 13.0 Å². The van der Waals surface area contributed by atoms with Crippen molar-refractivity contribution in [3.8, 4) is 0 Å². The minimum Gasteiger partial charge on any atom is -0.499 e. The third-order valence-corrected chi connectivity index (χ3v) is 3.85. The van der Waals surface area contributed by atoms with Gasteiger partial charge in [0.15, 0.2) is 0 Å². The fourth-order valence-electron chi connectivity index (χ4n) is 2.39. The quantitative estimate of drug-likeness (QED) is 0.221. The van der Waals surface area contributed by atoms with E-state index in [-0.39, 0.29) is 0 Å². The van der Waals surface area contributed by atoms with Crippen LogP contribution in [-0.4, -0.2) is 19.3 Å². The molecule has 1 rings (SSSR count). The van der Waals surface area contributed by atoms with Crippen LogP contribution in [0.4, 0.5) is 0 Å². The molecule has 0 saturated carbocycles. The zero-order valence-electron chi connectivity index (χ0n) is 13.4. The standard InChI is InChI=1S/C18H34O2/c1-2-3-4-5-6-7-8-9-10-11-12-13-14-15-19-16-18-17-20-18/h14-15,18H,2-13,16-17H2,1H3/b15-14+. The Morgan fingerprint density at radius 3 is 2.00 bits per heavy atom. The summed E-state index contributed by atoms with van der Waals surface area (Å²) in [5.41, 5.74) is 0. The summed E-state index contributed by atoms with van der Waals surface area (Å²) in [5.74, 6) is 0. The fraction of sp³-hybridized carbons (Fsp3) is 0.889. The molecule has 0 bridgehead atoms. The Morgan fingerprint density at radius 2 is 1.45 bits per heavy atom. The summed E-state index contributed by atoms with van der Waals surface area (Å²) < 4.78 is 10.4. The summed E-state index contributed by atoms with van der Waals surface area (Å²) in [6, 6.07) is 0. The molecule has 1 atom stereocenters. The van der Waals surface area contributed by atoms with Crippen molar-refractivity contribution in [2.75, 3.05) is 13.2 Å². The van der Waals surface area contributed by atoms with Crippen LogP contribution >= 0.6 is 0 Å². The second-order valence-corrected chi connectivity index (χ2v) is 5.98. The van der Waals surface area contributed by atoms with E-state index in [1.54, 1.807) is 0 Å². The van der Waals surface area contributed by atoms with Crippen molar-refractivity contribution in [3.63, 3.8) is 0 Å². The van der Waals surface area contributed by atoms with Gasteiger partial charge in [0.2, 0.25) is 0 Å². The Balaban J connectivity index is 1.65. The topological polar surface area (TPSA) is 21.8 Å². The summed E-state index contributed by atoms with van der Waals surface area (Å²) in [7, 11) is 0. The molecule has 2 nitrogen and oxygen atoms in total. The van der Waals surface area contributed by atoms with Gasteiger partial charge in [-0.2, -0.15) is 0 Å². The van der Waals surface area contributed by atoms with Gasteiger partial charge in [0.1, 0.15) is 12.7 Å². The number of allylic oxidation sites excluding steroid dienone is 1. The second-order valence-electron chi connectivity index (χ2n) is 5.98. The van der Waals surface area contributed by atoms with Crippen molar-refractivity contribution in [3.05, 3.63) is 12.3 Å². The molecule has 0 aromatic carbocycles. The second kappa shape index (κ2) is 13.5. The van der Waals surface area contributed by atoms with Gasteiger partial charge in [-0.15, -0.1) is 0 Å². The van der Waals surface area contributed by atoms with Gasteiger partial charge >= 0.3 is 0 Å². The number of ether oxygens (including phenoxy) is 2. The average molecular weight is 282 g/mol. The molecule has 0 aromatic heterocycles. The highest BCUT2D eigenvalue weighted by Crippen LogP contribution is 2.12. The van der Waals surface area contributed by atoms with E-state index in [1.165, 1.54) is 70.6 Å². The maximum atomic E-state index is 5.35. The van der Waals surface area contributed by atoms with Crippen molar-refractivity contribution < 1.29 is 9.47 Å². The van der Waals surface area contributed by atoms with E-state index in [0.717, 1.165) is 19.6 Å². The lowest BCUT2D eigenvalue weighted by Crippen LogP contribution is -1.94. The first kappa shape index (κ1) is 17.6. The zero-order valence-corrected chi connectivity index (χ0v) is 13.4. The minimum atomic E-state index is 0.377. The van der Waals surface area contributed by atoms with Crippen molar-refractivity contribution >= 4 is 0 Å². The molecule has 1 saturated heterocycles. The Hall–Kier alpha value is -0.500. The molecule has 1 heterocycles. The first-order valence-electron chi connectivity index (χ1n) is 8.81. The average Bonchev–Trinajstić information content (AvgIpc) is 3.27. The maximum absolute atomic E-state index is 5.35. The van der Waals surface area contributed by atoms with E-state index in [1.807, 2.05) is 6.26 Å². The van der Waals surface area contributed by atoms with Gasteiger partial charge in [0, 0.05) is 0 Å². The Morgan fingerprint density at radius 1 is 0.900 bits per heavy atom. The third kappa shape index (κ3) is 12.5. The molecule has 20 heavy (non-hydrogen) atoms. The normalized spacial score (nSPS) is 17.8. The van der Waals surface area contributed by atoms with Gasteiger partial charge in [-0.1, -0.05) is 71.1 Å². The SMILES string of the molecule is CCCCCCCCCCCCC/C=C/OCC1CO1. The fourth-order valence-corrected chi connectivity index (χ4v) is 2.39. The molecule has 1 aliphatic rings. The number of unbranched alkanes of at least 4 members (excludes halogenated alkanes) is 11. The number of hydrogen-bond donors (Lipinski definition) is 0. The lowest BCUT2D eigenvalue weighted by Gasteiger charge is -2.01. The van der Waals surface area contributed by atoms with Gasteiger partial charge in [0.25, 0.3) is 0 Å². The third-order valence-electron chi connectivity index (χ3n) is 3.85. The van der Waals surface area contributed by atoms with Crippen LogP contribution in [0.1, 0.15) is 84.0 Å². The highest BCUT2D eigenvalue weighted by Gasteiger charge is 2.22. The number of hydrogen-bond acceptors (Lipinski definition) is 2. The van der Waals surface area contributed by atoms with Crippen molar-refractivity contribution in [1.82, 2.24) is 0 Å². The molecule has 1 unspecified atom stereocenters. The van der Waals surface area contributed by atoms with Crippen LogP contribution in [-0.2, 0) is 9.47 Å².